The van der Waals surface area contributed by atoms with Gasteiger partial charge in [0.2, 0.25) is 0 Å². The van der Waals surface area contributed by atoms with Gasteiger partial charge in [-0.3, -0.25) is 9.69 Å². The van der Waals surface area contributed by atoms with Crippen LogP contribution in [0.15, 0.2) is 41.0 Å². The average Bonchev–Trinajstić information content (AvgIpc) is 3.02. The molecule has 0 spiro atoms. The van der Waals surface area contributed by atoms with Crippen LogP contribution >= 0.6 is 12.4 Å². The van der Waals surface area contributed by atoms with Gasteiger partial charge in [-0.05, 0) is 57.4 Å². The van der Waals surface area contributed by atoms with Crippen molar-refractivity contribution < 1.29 is 9.21 Å². The summed E-state index contributed by atoms with van der Waals surface area (Å²) in [5.74, 6) is 0.509. The first kappa shape index (κ1) is 20.5. The predicted octanol–water partition coefficient (Wildman–Crippen LogP) is 4.10. The minimum Gasteiger partial charge on any atom is -0.459 e. The van der Waals surface area contributed by atoms with Gasteiger partial charge in [-0.15, -0.1) is 12.4 Å². The largest absolute Gasteiger partial charge is 0.459 e. The molecule has 26 heavy (non-hydrogen) atoms. The minimum absolute atomic E-state index is 0. The molecule has 2 heterocycles. The van der Waals surface area contributed by atoms with Gasteiger partial charge in [0.15, 0.2) is 5.76 Å². The summed E-state index contributed by atoms with van der Waals surface area (Å²) in [7, 11) is 0. The third-order valence-electron chi connectivity index (χ3n) is 5.21. The van der Waals surface area contributed by atoms with Crippen molar-refractivity contribution in [2.24, 2.45) is 0 Å². The molecule has 1 aliphatic heterocycles. The summed E-state index contributed by atoms with van der Waals surface area (Å²) >= 11 is 0. The molecule has 2 aromatic rings. The summed E-state index contributed by atoms with van der Waals surface area (Å²) in [5, 5.41) is 0. The Morgan fingerprint density at radius 3 is 2.58 bits per heavy atom. The lowest BCUT2D eigenvalue weighted by Crippen LogP contribution is -2.54. The average molecular weight is 377 g/mol. The second-order valence-electron chi connectivity index (χ2n) is 7.11. The number of carbonyl (C=O) groups excluding carboxylic acids is 1. The van der Waals surface area contributed by atoms with Gasteiger partial charge in [-0.25, -0.2) is 0 Å². The van der Waals surface area contributed by atoms with E-state index >= 15 is 0 Å². The highest BCUT2D eigenvalue weighted by Gasteiger charge is 2.29. The Morgan fingerprint density at radius 2 is 1.92 bits per heavy atom. The van der Waals surface area contributed by atoms with Crippen LogP contribution in [0.25, 0.3) is 0 Å². The number of piperazine rings is 1. The van der Waals surface area contributed by atoms with E-state index in [0.717, 1.165) is 44.6 Å². The molecular weight excluding hydrogens is 348 g/mol. The molecule has 1 saturated heterocycles. The van der Waals surface area contributed by atoms with E-state index in [1.54, 1.807) is 6.26 Å². The third-order valence-corrected chi connectivity index (χ3v) is 5.21. The number of carbonyl (C=O) groups is 1. The van der Waals surface area contributed by atoms with Crippen LogP contribution < -0.4 is 0 Å². The molecule has 4 nitrogen and oxygen atoms in total. The van der Waals surface area contributed by atoms with Crippen LogP contribution in [-0.2, 0) is 6.42 Å². The maximum Gasteiger partial charge on any atom is 0.290 e. The number of hydrogen-bond acceptors (Lipinski definition) is 3. The van der Waals surface area contributed by atoms with Gasteiger partial charge in [0, 0.05) is 31.2 Å². The molecule has 1 amide bonds. The van der Waals surface area contributed by atoms with Crippen molar-refractivity contribution in [2.75, 3.05) is 26.2 Å². The van der Waals surface area contributed by atoms with Crippen molar-refractivity contribution in [3.63, 3.8) is 0 Å². The maximum atomic E-state index is 12.6. The fraction of sp³-hybridized carbons (Fsp3) is 0.476. The van der Waals surface area contributed by atoms with Crippen molar-refractivity contribution in [2.45, 2.75) is 39.7 Å². The van der Waals surface area contributed by atoms with E-state index in [2.05, 4.69) is 43.0 Å². The molecule has 1 aliphatic rings. The Morgan fingerprint density at radius 1 is 1.15 bits per heavy atom. The molecule has 0 N–H and O–H groups in total. The maximum absolute atomic E-state index is 12.6. The molecule has 0 aliphatic carbocycles. The Balaban J connectivity index is 0.00000243. The molecular formula is C21H29ClN2O2. The SMILES string of the molecule is Cc1ccccc1CCCN1CCN(C(=O)c2occc2C)C(C)C1.Cl. The summed E-state index contributed by atoms with van der Waals surface area (Å²) in [6, 6.07) is 10.7. The first-order chi connectivity index (χ1) is 12.1. The molecule has 0 saturated carbocycles. The first-order valence-electron chi connectivity index (χ1n) is 9.18. The third kappa shape index (κ3) is 4.68. The van der Waals surface area contributed by atoms with E-state index in [-0.39, 0.29) is 24.4 Å². The van der Waals surface area contributed by atoms with Crippen molar-refractivity contribution in [3.05, 3.63) is 59.0 Å². The molecule has 1 unspecified atom stereocenters. The van der Waals surface area contributed by atoms with Crippen LogP contribution in [0.5, 0.6) is 0 Å². The number of benzene rings is 1. The second-order valence-corrected chi connectivity index (χ2v) is 7.11. The summed E-state index contributed by atoms with van der Waals surface area (Å²) in [5.41, 5.74) is 3.73. The van der Waals surface area contributed by atoms with Gasteiger partial charge in [0.05, 0.1) is 6.26 Å². The lowest BCUT2D eigenvalue weighted by Gasteiger charge is -2.39. The highest BCUT2D eigenvalue weighted by molar-refractivity contribution is 5.93. The zero-order valence-corrected chi connectivity index (χ0v) is 16.7. The van der Waals surface area contributed by atoms with Crippen molar-refractivity contribution in [3.8, 4) is 0 Å². The number of furan rings is 1. The number of halogens is 1. The Bertz CT molecular complexity index is 728. The zero-order valence-electron chi connectivity index (χ0n) is 15.9. The number of rotatable bonds is 5. The Kier molecular flexibility index (Phi) is 7.30. The molecule has 1 atom stereocenters. The van der Waals surface area contributed by atoms with Crippen molar-refractivity contribution >= 4 is 18.3 Å². The lowest BCUT2D eigenvalue weighted by atomic mass is 10.0. The normalized spacial score (nSPS) is 17.8. The zero-order chi connectivity index (χ0) is 17.8. The summed E-state index contributed by atoms with van der Waals surface area (Å²) < 4.78 is 5.37. The lowest BCUT2D eigenvalue weighted by molar-refractivity contribution is 0.0458. The van der Waals surface area contributed by atoms with Gasteiger partial charge in [-0.2, -0.15) is 0 Å². The topological polar surface area (TPSA) is 36.7 Å². The number of nitrogens with zero attached hydrogens (tertiary/aromatic N) is 2. The van der Waals surface area contributed by atoms with Crippen LogP contribution in [0.1, 0.15) is 40.6 Å². The van der Waals surface area contributed by atoms with Crippen LogP contribution in [0, 0.1) is 13.8 Å². The van der Waals surface area contributed by atoms with Crippen molar-refractivity contribution in [1.82, 2.24) is 9.80 Å². The minimum atomic E-state index is 0. The molecule has 5 heteroatoms. The number of aryl methyl sites for hydroxylation is 3. The molecule has 0 bridgehead atoms. The van der Waals surface area contributed by atoms with Gasteiger partial charge < -0.3 is 9.32 Å². The summed E-state index contributed by atoms with van der Waals surface area (Å²) in [6.45, 7) is 9.94. The molecule has 1 aromatic heterocycles. The second kappa shape index (κ2) is 9.24. The number of amides is 1. The smallest absolute Gasteiger partial charge is 0.290 e. The first-order valence-corrected chi connectivity index (χ1v) is 9.18. The molecule has 3 rings (SSSR count). The van der Waals surface area contributed by atoms with E-state index in [1.807, 2.05) is 17.9 Å². The molecule has 1 fully saturated rings. The highest BCUT2D eigenvalue weighted by Crippen LogP contribution is 2.18. The van der Waals surface area contributed by atoms with E-state index in [1.165, 1.54) is 11.1 Å². The fourth-order valence-electron chi connectivity index (χ4n) is 3.64. The van der Waals surface area contributed by atoms with E-state index in [4.69, 9.17) is 4.42 Å². The van der Waals surface area contributed by atoms with Crippen molar-refractivity contribution in [1.29, 1.82) is 0 Å². The monoisotopic (exact) mass is 376 g/mol. The van der Waals surface area contributed by atoms with Crippen LogP contribution in [0.4, 0.5) is 0 Å². The van der Waals surface area contributed by atoms with Gasteiger partial charge in [0.25, 0.3) is 5.91 Å². The highest BCUT2D eigenvalue weighted by atomic mass is 35.5. The van der Waals surface area contributed by atoms with E-state index in [9.17, 15) is 4.79 Å². The fourth-order valence-corrected chi connectivity index (χ4v) is 3.64. The molecule has 142 valence electrons. The van der Waals surface area contributed by atoms with Crippen LogP contribution in [0.3, 0.4) is 0 Å². The van der Waals surface area contributed by atoms with Gasteiger partial charge in [0.1, 0.15) is 0 Å². The summed E-state index contributed by atoms with van der Waals surface area (Å²) in [4.78, 5) is 17.1. The van der Waals surface area contributed by atoms with Gasteiger partial charge >= 0.3 is 0 Å². The van der Waals surface area contributed by atoms with E-state index < -0.39 is 0 Å². The van der Waals surface area contributed by atoms with E-state index in [0.29, 0.717) is 5.76 Å². The standard InChI is InChI=1S/C21H28N2O2.ClH/c1-16-7-4-5-8-19(16)9-6-11-22-12-13-23(18(3)15-22)21(24)20-17(2)10-14-25-20;/h4-5,7-8,10,14,18H,6,9,11-13,15H2,1-3H3;1H. The Labute approximate surface area is 162 Å². The molecule has 1 aromatic carbocycles. The van der Waals surface area contributed by atoms with Crippen LogP contribution in [-0.4, -0.2) is 47.9 Å². The predicted molar refractivity (Wildman–Crippen MR) is 107 cm³/mol. The molecule has 0 radical (unpaired) electrons. The number of hydrogen-bond donors (Lipinski definition) is 0. The van der Waals surface area contributed by atoms with Crippen LogP contribution in [0.2, 0.25) is 0 Å². The quantitative estimate of drug-likeness (QED) is 0.788. The Hall–Kier alpha value is -1.78. The summed E-state index contributed by atoms with van der Waals surface area (Å²) in [6.07, 6.45) is 3.86. The van der Waals surface area contributed by atoms with Gasteiger partial charge in [-0.1, -0.05) is 24.3 Å².